The van der Waals surface area contributed by atoms with Crippen LogP contribution >= 0.6 is 0 Å². The highest BCUT2D eigenvalue weighted by molar-refractivity contribution is 7.89. The predicted octanol–water partition coefficient (Wildman–Crippen LogP) is 6.34. The van der Waals surface area contributed by atoms with Crippen molar-refractivity contribution < 1.29 is 51.3 Å². The molecule has 3 amide bonds. The standard InChI is InChI=1S/C34H48N2O7.C11H17N3O4S.CH4/c1-4-5-19-42-22-17-36-32(38)14-6-10-25-15-16-27-29(23-25)30(24-43-34(39)35-2)26-11-7-12-28(33(26)27)31(37)13-8-20-41-21-9-18-40-3;1-3-14-19(16,17)10-8-13-6-4-9(10)5-7-18-11(15)12-2;/h7,11-12,15-16,23,30H,4-6,8-10,13-14,17-22,24H2,1-3H3,(H,35,39)(H,36,38);4,6,8,14H,3,5,7H2,1-2H3,(H,12,15);1H4. The second kappa shape index (κ2) is 30.2. The molecule has 3 aromatic rings. The van der Waals surface area contributed by atoms with E-state index >= 15 is 0 Å². The van der Waals surface area contributed by atoms with E-state index in [0.717, 1.165) is 60.1 Å². The van der Waals surface area contributed by atoms with Crippen LogP contribution < -0.4 is 20.7 Å². The molecular formula is C46H69N5O11S. The molecule has 16 nitrogen and oxygen atoms in total. The average molecular weight is 900 g/mol. The number of carbonyl (C=O) groups is 4. The van der Waals surface area contributed by atoms with E-state index in [2.05, 4.69) is 50.8 Å². The normalized spacial score (nSPS) is 12.4. The Kier molecular flexibility index (Phi) is 26.0. The van der Waals surface area contributed by atoms with Gasteiger partial charge in [0, 0.05) is 104 Å². The smallest absolute Gasteiger partial charge is 0.406 e. The zero-order chi connectivity index (χ0) is 45.2. The first-order valence-electron chi connectivity index (χ1n) is 21.3. The number of hydrogen-bond donors (Lipinski definition) is 4. The molecule has 17 heteroatoms. The van der Waals surface area contributed by atoms with Crippen molar-refractivity contribution >= 4 is 33.9 Å². The summed E-state index contributed by atoms with van der Waals surface area (Å²) >= 11 is 0. The lowest BCUT2D eigenvalue weighted by molar-refractivity contribution is -0.121. The number of ketones is 1. The first-order valence-corrected chi connectivity index (χ1v) is 22.8. The minimum Gasteiger partial charge on any atom is -0.449 e. The van der Waals surface area contributed by atoms with E-state index in [-0.39, 0.29) is 43.1 Å². The van der Waals surface area contributed by atoms with Crippen molar-refractivity contribution in [3.8, 4) is 11.1 Å². The Morgan fingerprint density at radius 3 is 2.24 bits per heavy atom. The van der Waals surface area contributed by atoms with Gasteiger partial charge in [-0.1, -0.05) is 64.1 Å². The van der Waals surface area contributed by atoms with Gasteiger partial charge < -0.3 is 39.6 Å². The number of fused-ring (bicyclic) bond motifs is 3. The number of nitrogens with one attached hydrogen (secondary N) is 4. The second-order valence-electron chi connectivity index (χ2n) is 14.4. The molecule has 0 radical (unpaired) electrons. The average Bonchev–Trinajstić information content (AvgIpc) is 3.59. The van der Waals surface area contributed by atoms with Gasteiger partial charge in [-0.05, 0) is 71.6 Å². The topological polar surface area (TPSA) is 210 Å². The van der Waals surface area contributed by atoms with Crippen LogP contribution in [0.3, 0.4) is 0 Å². The van der Waals surface area contributed by atoms with Crippen molar-refractivity contribution in [1.82, 2.24) is 25.7 Å². The van der Waals surface area contributed by atoms with Gasteiger partial charge in [0.2, 0.25) is 15.9 Å². The molecule has 1 aliphatic rings. The molecule has 2 aromatic carbocycles. The molecule has 0 bridgehead atoms. The quantitative estimate of drug-likeness (QED) is 0.0488. The zero-order valence-corrected chi connectivity index (χ0v) is 37.7. The first kappa shape index (κ1) is 54.2. The van der Waals surface area contributed by atoms with Crippen LogP contribution in [0.25, 0.3) is 11.1 Å². The molecule has 0 fully saturated rings. The zero-order valence-electron chi connectivity index (χ0n) is 36.8. The highest BCUT2D eigenvalue weighted by Gasteiger charge is 2.33. The number of aromatic nitrogens is 1. The molecule has 350 valence electrons. The van der Waals surface area contributed by atoms with E-state index in [4.69, 9.17) is 23.7 Å². The van der Waals surface area contributed by atoms with E-state index in [9.17, 15) is 27.6 Å². The van der Waals surface area contributed by atoms with Crippen molar-refractivity contribution in [3.05, 3.63) is 82.7 Å². The van der Waals surface area contributed by atoms with Crippen LogP contribution in [0.5, 0.6) is 0 Å². The summed E-state index contributed by atoms with van der Waals surface area (Å²) in [4.78, 5) is 52.4. The minimum absolute atomic E-state index is 0. The Labute approximate surface area is 374 Å². The summed E-state index contributed by atoms with van der Waals surface area (Å²) in [5.74, 6) is -0.0924. The van der Waals surface area contributed by atoms with E-state index in [1.165, 1.54) is 26.5 Å². The molecular weight excluding hydrogens is 831 g/mol. The molecule has 0 saturated heterocycles. The van der Waals surface area contributed by atoms with Crippen LogP contribution in [-0.2, 0) is 51.3 Å². The van der Waals surface area contributed by atoms with Gasteiger partial charge in [0.1, 0.15) is 11.5 Å². The second-order valence-corrected chi connectivity index (χ2v) is 16.1. The van der Waals surface area contributed by atoms with Crippen LogP contribution in [0, 0.1) is 0 Å². The molecule has 4 rings (SSSR count). The Hall–Kier alpha value is -4.94. The monoisotopic (exact) mass is 899 g/mol. The number of hydrogen-bond acceptors (Lipinski definition) is 12. The van der Waals surface area contributed by atoms with Gasteiger partial charge in [0.15, 0.2) is 5.78 Å². The molecule has 1 heterocycles. The van der Waals surface area contributed by atoms with Crippen molar-refractivity contribution in [2.75, 3.05) is 80.5 Å². The molecule has 0 spiro atoms. The van der Waals surface area contributed by atoms with Gasteiger partial charge in [0.25, 0.3) is 0 Å². The number of ether oxygens (including phenoxy) is 5. The molecule has 1 unspecified atom stereocenters. The van der Waals surface area contributed by atoms with Gasteiger partial charge in [-0.2, -0.15) is 0 Å². The summed E-state index contributed by atoms with van der Waals surface area (Å²) in [6.45, 7) is 7.95. The highest BCUT2D eigenvalue weighted by Crippen LogP contribution is 2.47. The van der Waals surface area contributed by atoms with Gasteiger partial charge in [0.05, 0.1) is 13.2 Å². The van der Waals surface area contributed by atoms with E-state index in [1.54, 1.807) is 20.1 Å². The fourth-order valence-electron chi connectivity index (χ4n) is 6.74. The Morgan fingerprint density at radius 2 is 1.51 bits per heavy atom. The van der Waals surface area contributed by atoms with Gasteiger partial charge in [-0.15, -0.1) is 0 Å². The molecule has 63 heavy (non-hydrogen) atoms. The molecule has 1 aromatic heterocycles. The Morgan fingerprint density at radius 1 is 0.778 bits per heavy atom. The number of sulfonamides is 1. The minimum atomic E-state index is -3.57. The molecule has 1 aliphatic carbocycles. The third-order valence-corrected chi connectivity index (χ3v) is 11.4. The van der Waals surface area contributed by atoms with Crippen LogP contribution in [0.2, 0.25) is 0 Å². The summed E-state index contributed by atoms with van der Waals surface area (Å²) in [7, 11) is 1.09. The summed E-state index contributed by atoms with van der Waals surface area (Å²) in [5, 5.41) is 7.74. The number of alkyl carbamates (subject to hydrolysis) is 2. The number of Topliss-reactive ketones (excluding diaryl/α,β-unsaturated/α-hetero) is 1. The molecule has 1 atom stereocenters. The fraction of sp³-hybridized carbons (Fsp3) is 0.543. The highest BCUT2D eigenvalue weighted by atomic mass is 32.2. The summed E-state index contributed by atoms with van der Waals surface area (Å²) in [6.07, 6.45) is 7.91. The third kappa shape index (κ3) is 18.4. The number of pyridine rings is 1. The number of nitrogens with zero attached hydrogens (tertiary/aromatic N) is 1. The maximum Gasteiger partial charge on any atom is 0.406 e. The number of methoxy groups -OCH3 is 1. The fourth-order valence-corrected chi connectivity index (χ4v) is 7.99. The van der Waals surface area contributed by atoms with Crippen molar-refractivity contribution in [3.63, 3.8) is 0 Å². The summed E-state index contributed by atoms with van der Waals surface area (Å²) in [6, 6.07) is 13.7. The maximum absolute atomic E-state index is 13.4. The van der Waals surface area contributed by atoms with Crippen LogP contribution in [0.1, 0.15) is 105 Å². The first-order chi connectivity index (χ1) is 30.0. The number of benzene rings is 2. The SMILES string of the molecule is C.CCCCOCCNC(=O)CCCc1ccc2c(c1)C(COC(=O)NC)c1cccc(C(=O)CCCOCCCOC)c1-2.CCNS(=O)(=O)c1cnccc1CCOC(=O)NC. The molecule has 0 saturated carbocycles. The van der Waals surface area contributed by atoms with Crippen LogP contribution in [-0.4, -0.2) is 118 Å². The lowest BCUT2D eigenvalue weighted by Crippen LogP contribution is -2.27. The number of amides is 3. The molecule has 4 N–H and O–H groups in total. The Bertz CT molecular complexity index is 1980. The van der Waals surface area contributed by atoms with E-state index in [0.29, 0.717) is 82.7 Å². The number of rotatable bonds is 27. The van der Waals surface area contributed by atoms with Crippen molar-refractivity contribution in [2.45, 2.75) is 89.9 Å². The van der Waals surface area contributed by atoms with E-state index < -0.39 is 22.2 Å². The largest absolute Gasteiger partial charge is 0.449 e. The number of aryl methyl sites for hydroxylation is 1. The van der Waals surface area contributed by atoms with Gasteiger partial charge in [-0.3, -0.25) is 14.6 Å². The lowest BCUT2D eigenvalue weighted by atomic mass is 9.93. The summed E-state index contributed by atoms with van der Waals surface area (Å²) < 4.78 is 52.8. The van der Waals surface area contributed by atoms with Crippen LogP contribution in [0.4, 0.5) is 9.59 Å². The Balaban J connectivity index is 0.000000572. The third-order valence-electron chi connectivity index (χ3n) is 9.83. The summed E-state index contributed by atoms with van der Waals surface area (Å²) in [5.41, 5.74) is 6.27. The number of unbranched alkanes of at least 4 members (excludes halogenated alkanes) is 1. The predicted molar refractivity (Wildman–Crippen MR) is 243 cm³/mol. The molecule has 0 aliphatic heterocycles. The van der Waals surface area contributed by atoms with Crippen molar-refractivity contribution in [2.24, 2.45) is 0 Å². The van der Waals surface area contributed by atoms with Gasteiger partial charge >= 0.3 is 12.2 Å². The van der Waals surface area contributed by atoms with Gasteiger partial charge in [-0.25, -0.2) is 22.7 Å². The lowest BCUT2D eigenvalue weighted by Gasteiger charge is -2.15. The number of carbonyl (C=O) groups excluding carboxylic acids is 4. The van der Waals surface area contributed by atoms with Crippen LogP contribution in [0.15, 0.2) is 59.8 Å². The maximum atomic E-state index is 13.4. The van der Waals surface area contributed by atoms with E-state index in [1.807, 2.05) is 18.2 Å². The van der Waals surface area contributed by atoms with Crippen molar-refractivity contribution in [1.29, 1.82) is 0 Å².